The summed E-state index contributed by atoms with van der Waals surface area (Å²) in [6.45, 7) is 4.34. The molecule has 1 aliphatic carbocycles. The Balaban J connectivity index is 1.36. The van der Waals surface area contributed by atoms with Crippen molar-refractivity contribution in [2.45, 2.75) is 43.2 Å². The fraction of sp³-hybridized carbons (Fsp3) is 0.400. The molecule has 2 N–H and O–H groups in total. The summed E-state index contributed by atoms with van der Waals surface area (Å²) in [7, 11) is -2.25. The van der Waals surface area contributed by atoms with Crippen LogP contribution in [0.4, 0.5) is 21.7 Å². The molecule has 226 valence electrons. The van der Waals surface area contributed by atoms with Crippen LogP contribution < -0.4 is 21.1 Å². The number of hydrogen-bond acceptors (Lipinski definition) is 10. The van der Waals surface area contributed by atoms with Crippen molar-refractivity contribution in [3.05, 3.63) is 76.2 Å². The Morgan fingerprint density at radius 3 is 2.77 bits per heavy atom. The van der Waals surface area contributed by atoms with E-state index in [1.165, 1.54) is 36.2 Å². The highest BCUT2D eigenvalue weighted by molar-refractivity contribution is 7.91. The molecule has 1 saturated heterocycles. The van der Waals surface area contributed by atoms with Gasteiger partial charge in [-0.25, -0.2) is 17.8 Å². The lowest BCUT2D eigenvalue weighted by Gasteiger charge is -2.36. The van der Waals surface area contributed by atoms with E-state index in [1.807, 2.05) is 11.0 Å². The highest BCUT2D eigenvalue weighted by Crippen LogP contribution is 2.39. The molecule has 43 heavy (non-hydrogen) atoms. The molecule has 4 aromatic rings. The Hall–Kier alpha value is -3.94. The molecule has 1 unspecified atom stereocenters. The first-order valence-corrected chi connectivity index (χ1v) is 16.0. The molecule has 2 fully saturated rings. The molecule has 6 rings (SSSR count). The van der Waals surface area contributed by atoms with E-state index >= 15 is 4.39 Å². The first-order chi connectivity index (χ1) is 20.7. The summed E-state index contributed by atoms with van der Waals surface area (Å²) >= 11 is 0. The molecule has 1 aliphatic heterocycles. The maximum absolute atomic E-state index is 15.2. The Morgan fingerprint density at radius 1 is 1.19 bits per heavy atom. The number of sulfone groups is 1. The molecular weight excluding hydrogens is 573 g/mol. The maximum atomic E-state index is 15.2. The van der Waals surface area contributed by atoms with Gasteiger partial charge in [-0.3, -0.25) is 14.3 Å². The largest absolute Gasteiger partial charge is 0.384 e. The molecule has 1 aromatic carbocycles. The number of aromatic nitrogens is 4. The van der Waals surface area contributed by atoms with Crippen molar-refractivity contribution in [1.82, 2.24) is 24.8 Å². The lowest BCUT2D eigenvalue weighted by molar-refractivity contribution is 0.217. The SMILES string of the molecule is COCCS(=O)(=O)c1ccncc1Cn1c(=O)c(C2CC2)cc2cnc(Nc3ccc(N4CCNCC4C)c(F)c3)nc21. The first kappa shape index (κ1) is 29.1. The number of hydrogen-bond donors (Lipinski definition) is 2. The van der Waals surface area contributed by atoms with E-state index in [1.54, 1.807) is 18.3 Å². The van der Waals surface area contributed by atoms with Gasteiger partial charge in [-0.15, -0.1) is 0 Å². The zero-order valence-electron chi connectivity index (χ0n) is 24.1. The van der Waals surface area contributed by atoms with E-state index in [2.05, 4.69) is 32.5 Å². The average molecular weight is 608 g/mol. The van der Waals surface area contributed by atoms with E-state index in [4.69, 9.17) is 4.74 Å². The molecule has 1 saturated carbocycles. The van der Waals surface area contributed by atoms with E-state index in [0.29, 0.717) is 40.1 Å². The van der Waals surface area contributed by atoms with Gasteiger partial charge in [-0.2, -0.15) is 4.98 Å². The third-order valence-corrected chi connectivity index (χ3v) is 9.74. The number of nitrogens with zero attached hydrogens (tertiary/aromatic N) is 5. The molecule has 0 radical (unpaired) electrons. The number of ether oxygens (including phenoxy) is 1. The summed E-state index contributed by atoms with van der Waals surface area (Å²) in [5, 5.41) is 7.03. The predicted molar refractivity (Wildman–Crippen MR) is 162 cm³/mol. The fourth-order valence-corrected chi connectivity index (χ4v) is 6.92. The Morgan fingerprint density at radius 2 is 2.02 bits per heavy atom. The molecule has 0 spiro atoms. The number of rotatable bonds is 10. The van der Waals surface area contributed by atoms with Crippen LogP contribution >= 0.6 is 0 Å². The van der Waals surface area contributed by atoms with Gasteiger partial charge in [0.25, 0.3) is 5.56 Å². The summed E-state index contributed by atoms with van der Waals surface area (Å²) < 4.78 is 47.9. The molecule has 3 aromatic heterocycles. The standard InChI is InChI=1S/C30H34FN7O4S/c1-19-15-33-9-10-37(19)26-6-5-23(14-25(26)31)35-30-34-17-21-13-24(20-3-4-20)29(39)38(28(21)36-30)18-22-16-32-8-7-27(22)43(40,41)12-11-42-2/h5-8,13-14,16-17,19-20,33H,3-4,9-12,15,18H2,1-2H3,(H,34,35,36). The zero-order valence-corrected chi connectivity index (χ0v) is 24.9. The van der Waals surface area contributed by atoms with Crippen LogP contribution in [-0.4, -0.2) is 73.1 Å². The number of piperazine rings is 1. The normalized spacial score (nSPS) is 17.4. The smallest absolute Gasteiger partial charge is 0.256 e. The monoisotopic (exact) mass is 607 g/mol. The van der Waals surface area contributed by atoms with Crippen LogP contribution in [0, 0.1) is 5.82 Å². The van der Waals surface area contributed by atoms with Gasteiger partial charge in [0.05, 0.1) is 29.5 Å². The van der Waals surface area contributed by atoms with Crippen molar-refractivity contribution in [2.24, 2.45) is 0 Å². The minimum atomic E-state index is -3.69. The highest BCUT2D eigenvalue weighted by Gasteiger charge is 2.29. The van der Waals surface area contributed by atoms with Crippen molar-refractivity contribution in [3.63, 3.8) is 0 Å². The van der Waals surface area contributed by atoms with E-state index in [-0.39, 0.29) is 53.1 Å². The molecule has 1 atom stereocenters. The number of halogens is 1. The number of benzene rings is 1. The Labute approximate surface area is 249 Å². The number of methoxy groups -OCH3 is 1. The average Bonchev–Trinajstić information content (AvgIpc) is 3.84. The van der Waals surface area contributed by atoms with E-state index in [0.717, 1.165) is 25.9 Å². The van der Waals surface area contributed by atoms with Crippen LogP contribution in [-0.2, 0) is 21.1 Å². The van der Waals surface area contributed by atoms with Crippen molar-refractivity contribution in [2.75, 3.05) is 49.3 Å². The van der Waals surface area contributed by atoms with Gasteiger partial charge in [-0.1, -0.05) is 0 Å². The van der Waals surface area contributed by atoms with Crippen molar-refractivity contribution in [3.8, 4) is 0 Å². The molecule has 0 bridgehead atoms. The Bertz CT molecular complexity index is 1830. The minimum Gasteiger partial charge on any atom is -0.384 e. The topological polar surface area (TPSA) is 131 Å². The van der Waals surface area contributed by atoms with E-state index < -0.39 is 9.84 Å². The fourth-order valence-electron chi connectivity index (χ4n) is 5.53. The van der Waals surface area contributed by atoms with Gasteiger partial charge in [0, 0.05) is 73.6 Å². The van der Waals surface area contributed by atoms with Crippen LogP contribution in [0.1, 0.15) is 36.8 Å². The first-order valence-electron chi connectivity index (χ1n) is 14.3. The van der Waals surface area contributed by atoms with Gasteiger partial charge in [-0.05, 0) is 56.0 Å². The summed E-state index contributed by atoms with van der Waals surface area (Å²) in [5.74, 6) is -0.220. The third-order valence-electron chi connectivity index (χ3n) is 7.96. The molecule has 11 nitrogen and oxygen atoms in total. The number of fused-ring (bicyclic) bond motifs is 1. The summed E-state index contributed by atoms with van der Waals surface area (Å²) in [6.07, 6.45) is 6.34. The quantitative estimate of drug-likeness (QED) is 0.277. The zero-order chi connectivity index (χ0) is 30.1. The minimum absolute atomic E-state index is 0.0439. The van der Waals surface area contributed by atoms with Crippen LogP contribution in [0.5, 0.6) is 0 Å². The van der Waals surface area contributed by atoms with Crippen molar-refractivity contribution < 1.29 is 17.5 Å². The van der Waals surface area contributed by atoms with Crippen molar-refractivity contribution in [1.29, 1.82) is 0 Å². The van der Waals surface area contributed by atoms with Gasteiger partial charge in [0.2, 0.25) is 5.95 Å². The van der Waals surface area contributed by atoms with Crippen LogP contribution in [0.3, 0.4) is 0 Å². The van der Waals surface area contributed by atoms with Gasteiger partial charge in [0.1, 0.15) is 11.5 Å². The van der Waals surface area contributed by atoms with Gasteiger partial charge < -0.3 is 20.3 Å². The maximum Gasteiger partial charge on any atom is 0.256 e. The number of anilines is 3. The number of pyridine rings is 2. The summed E-state index contributed by atoms with van der Waals surface area (Å²) in [6, 6.07) is 8.35. The lowest BCUT2D eigenvalue weighted by Crippen LogP contribution is -2.50. The summed E-state index contributed by atoms with van der Waals surface area (Å²) in [5.41, 5.74) is 2.14. The molecule has 4 heterocycles. The van der Waals surface area contributed by atoms with Gasteiger partial charge >= 0.3 is 0 Å². The molecular formula is C30H34FN7O4S. The van der Waals surface area contributed by atoms with Crippen LogP contribution in [0.15, 0.2) is 58.6 Å². The van der Waals surface area contributed by atoms with Gasteiger partial charge in [0.15, 0.2) is 9.84 Å². The van der Waals surface area contributed by atoms with Crippen molar-refractivity contribution >= 4 is 38.2 Å². The molecule has 2 aliphatic rings. The van der Waals surface area contributed by atoms with E-state index in [9.17, 15) is 13.2 Å². The lowest BCUT2D eigenvalue weighted by atomic mass is 10.1. The second kappa shape index (κ2) is 12.0. The molecule has 13 heteroatoms. The third kappa shape index (κ3) is 6.10. The van der Waals surface area contributed by atoms with Crippen LogP contribution in [0.25, 0.3) is 11.0 Å². The second-order valence-corrected chi connectivity index (χ2v) is 13.1. The van der Waals surface area contributed by atoms with Crippen LogP contribution in [0.2, 0.25) is 0 Å². The molecule has 0 amide bonds. The Kier molecular flexibility index (Phi) is 8.12. The number of nitrogens with one attached hydrogen (secondary N) is 2. The predicted octanol–water partition coefficient (Wildman–Crippen LogP) is 3.21. The second-order valence-electron chi connectivity index (χ2n) is 11.1. The summed E-state index contributed by atoms with van der Waals surface area (Å²) in [4.78, 5) is 29.1. The highest BCUT2D eigenvalue weighted by atomic mass is 32.2.